The van der Waals surface area contributed by atoms with Crippen LogP contribution in [0.4, 0.5) is 39.8 Å². The van der Waals surface area contributed by atoms with Gasteiger partial charge in [0.1, 0.15) is 0 Å². The van der Waals surface area contributed by atoms with Gasteiger partial charge >= 0.3 is 0 Å². The molecule has 0 atom stereocenters. The van der Waals surface area contributed by atoms with Crippen molar-refractivity contribution < 1.29 is 0 Å². The molecule has 4 nitrogen and oxygen atoms in total. The van der Waals surface area contributed by atoms with Gasteiger partial charge in [0.15, 0.2) is 0 Å². The lowest BCUT2D eigenvalue weighted by Crippen LogP contribution is -2.25. The van der Waals surface area contributed by atoms with Crippen LogP contribution < -0.4 is 21.3 Å². The highest BCUT2D eigenvalue weighted by molar-refractivity contribution is 5.78. The minimum Gasteiger partial charge on any atom is -0.399 e. The van der Waals surface area contributed by atoms with Crippen molar-refractivity contribution in [2.24, 2.45) is 0 Å². The van der Waals surface area contributed by atoms with Gasteiger partial charge in [0.25, 0.3) is 0 Å². The van der Waals surface area contributed by atoms with E-state index in [4.69, 9.17) is 11.5 Å². The molecule has 0 saturated carbocycles. The van der Waals surface area contributed by atoms with Crippen LogP contribution in [0.2, 0.25) is 0 Å². The van der Waals surface area contributed by atoms with Gasteiger partial charge in [0.05, 0.1) is 0 Å². The second kappa shape index (κ2) is 8.84. The van der Waals surface area contributed by atoms with Crippen molar-refractivity contribution in [1.29, 1.82) is 0 Å². The van der Waals surface area contributed by atoms with Crippen molar-refractivity contribution in [2.75, 3.05) is 21.3 Å². The van der Waals surface area contributed by atoms with Crippen LogP contribution in [-0.4, -0.2) is 6.04 Å². The van der Waals surface area contributed by atoms with E-state index in [1.54, 1.807) is 0 Å². The molecular formula is C27H28N4. The standard InChI is InChI=1S/C27H28N4/c1-20(2)30(24-12-8-21(28)9-13-24)25-16-18-27(19-17-25)31(23-6-4-3-5-7-23)26-14-10-22(29)11-15-26/h3-20H,28-29H2,1-2H3. The molecule has 4 N–H and O–H groups in total. The third kappa shape index (κ3) is 4.48. The number of benzene rings is 4. The Morgan fingerprint density at radius 1 is 0.484 bits per heavy atom. The van der Waals surface area contributed by atoms with Gasteiger partial charge in [-0.25, -0.2) is 0 Å². The zero-order chi connectivity index (χ0) is 21.8. The third-order valence-electron chi connectivity index (χ3n) is 5.24. The maximum atomic E-state index is 5.92. The molecule has 0 radical (unpaired) electrons. The summed E-state index contributed by atoms with van der Waals surface area (Å²) in [6, 6.07) is 35.3. The molecule has 0 bridgehead atoms. The summed E-state index contributed by atoms with van der Waals surface area (Å²) in [6.07, 6.45) is 0. The lowest BCUT2D eigenvalue weighted by Gasteiger charge is -2.30. The maximum absolute atomic E-state index is 5.92. The van der Waals surface area contributed by atoms with Crippen LogP contribution in [-0.2, 0) is 0 Å². The largest absolute Gasteiger partial charge is 0.399 e. The fraction of sp³-hybridized carbons (Fsp3) is 0.111. The highest BCUT2D eigenvalue weighted by Gasteiger charge is 2.16. The predicted molar refractivity (Wildman–Crippen MR) is 134 cm³/mol. The second-order valence-electron chi connectivity index (χ2n) is 7.83. The molecule has 0 unspecified atom stereocenters. The molecular weight excluding hydrogens is 380 g/mol. The van der Waals surface area contributed by atoms with E-state index in [2.05, 4.69) is 84.3 Å². The molecule has 0 aliphatic heterocycles. The topological polar surface area (TPSA) is 58.5 Å². The Bertz CT molecular complexity index is 1100. The molecule has 0 saturated heterocycles. The van der Waals surface area contributed by atoms with Gasteiger partial charge in [-0.2, -0.15) is 0 Å². The Balaban J connectivity index is 1.72. The Kier molecular flexibility index (Phi) is 5.80. The summed E-state index contributed by atoms with van der Waals surface area (Å²) >= 11 is 0. The SMILES string of the molecule is CC(C)N(c1ccc(N)cc1)c1ccc(N(c2ccccc2)c2ccc(N)cc2)cc1. The number of rotatable bonds is 6. The molecule has 4 heteroatoms. The van der Waals surface area contributed by atoms with Crippen molar-refractivity contribution >= 4 is 39.8 Å². The lowest BCUT2D eigenvalue weighted by molar-refractivity contribution is 0.789. The zero-order valence-electron chi connectivity index (χ0n) is 17.9. The highest BCUT2D eigenvalue weighted by Crippen LogP contribution is 2.37. The number of hydrogen-bond donors (Lipinski definition) is 2. The fourth-order valence-corrected chi connectivity index (χ4v) is 3.79. The molecule has 0 aliphatic rings. The van der Waals surface area contributed by atoms with E-state index in [9.17, 15) is 0 Å². The molecule has 0 fully saturated rings. The normalized spacial score (nSPS) is 10.8. The van der Waals surface area contributed by atoms with E-state index in [-0.39, 0.29) is 0 Å². The molecule has 0 spiro atoms. The smallest absolute Gasteiger partial charge is 0.0463 e. The second-order valence-corrected chi connectivity index (χ2v) is 7.83. The summed E-state index contributed by atoms with van der Waals surface area (Å²) < 4.78 is 0. The highest BCUT2D eigenvalue weighted by atomic mass is 15.2. The van der Waals surface area contributed by atoms with Crippen molar-refractivity contribution in [3.05, 3.63) is 103 Å². The van der Waals surface area contributed by atoms with E-state index in [1.807, 2.05) is 42.5 Å². The van der Waals surface area contributed by atoms with Gasteiger partial charge in [0, 0.05) is 45.9 Å². The van der Waals surface area contributed by atoms with Gasteiger partial charge in [-0.05, 0) is 98.8 Å². The van der Waals surface area contributed by atoms with Gasteiger partial charge < -0.3 is 21.3 Å². The van der Waals surface area contributed by atoms with Crippen molar-refractivity contribution in [3.63, 3.8) is 0 Å². The molecule has 4 rings (SSSR count). The van der Waals surface area contributed by atoms with Gasteiger partial charge in [0.2, 0.25) is 0 Å². The number of nitrogens with zero attached hydrogens (tertiary/aromatic N) is 2. The van der Waals surface area contributed by atoms with E-state index < -0.39 is 0 Å². The fourth-order valence-electron chi connectivity index (χ4n) is 3.79. The van der Waals surface area contributed by atoms with Crippen LogP contribution >= 0.6 is 0 Å². The quantitative estimate of drug-likeness (QED) is 0.342. The number of para-hydroxylation sites is 1. The van der Waals surface area contributed by atoms with E-state index in [1.165, 1.54) is 0 Å². The summed E-state index contributed by atoms with van der Waals surface area (Å²) in [5.41, 5.74) is 18.8. The molecule has 0 amide bonds. The van der Waals surface area contributed by atoms with Crippen LogP contribution in [0.3, 0.4) is 0 Å². The Morgan fingerprint density at radius 3 is 1.29 bits per heavy atom. The number of nitrogens with two attached hydrogens (primary N) is 2. The average molecular weight is 409 g/mol. The van der Waals surface area contributed by atoms with Gasteiger partial charge in [-0.15, -0.1) is 0 Å². The first-order valence-corrected chi connectivity index (χ1v) is 10.5. The maximum Gasteiger partial charge on any atom is 0.0463 e. The molecule has 156 valence electrons. The molecule has 31 heavy (non-hydrogen) atoms. The molecule has 4 aromatic rings. The Hall–Kier alpha value is -3.92. The third-order valence-corrected chi connectivity index (χ3v) is 5.24. The minimum absolute atomic E-state index is 0.303. The van der Waals surface area contributed by atoms with E-state index in [0.29, 0.717) is 6.04 Å². The van der Waals surface area contributed by atoms with E-state index >= 15 is 0 Å². The van der Waals surface area contributed by atoms with Crippen LogP contribution in [0, 0.1) is 0 Å². The summed E-state index contributed by atoms with van der Waals surface area (Å²) in [5.74, 6) is 0. The summed E-state index contributed by atoms with van der Waals surface area (Å²) in [6.45, 7) is 4.38. The molecule has 0 aromatic heterocycles. The monoisotopic (exact) mass is 408 g/mol. The molecule has 0 aliphatic carbocycles. The zero-order valence-corrected chi connectivity index (χ0v) is 17.9. The molecule has 4 aromatic carbocycles. The number of anilines is 7. The lowest BCUT2D eigenvalue weighted by atomic mass is 10.1. The van der Waals surface area contributed by atoms with Crippen molar-refractivity contribution in [1.82, 2.24) is 0 Å². The summed E-state index contributed by atoms with van der Waals surface area (Å²) in [4.78, 5) is 4.53. The van der Waals surface area contributed by atoms with Crippen molar-refractivity contribution in [3.8, 4) is 0 Å². The van der Waals surface area contributed by atoms with Crippen LogP contribution in [0.5, 0.6) is 0 Å². The van der Waals surface area contributed by atoms with Gasteiger partial charge in [-0.1, -0.05) is 18.2 Å². The van der Waals surface area contributed by atoms with Crippen LogP contribution in [0.15, 0.2) is 103 Å². The predicted octanol–water partition coefficient (Wildman–Crippen LogP) is 6.87. The van der Waals surface area contributed by atoms with Gasteiger partial charge in [-0.3, -0.25) is 0 Å². The van der Waals surface area contributed by atoms with Crippen molar-refractivity contribution in [2.45, 2.75) is 19.9 Å². The first-order valence-electron chi connectivity index (χ1n) is 10.5. The minimum atomic E-state index is 0.303. The molecule has 0 heterocycles. The van der Waals surface area contributed by atoms with E-state index in [0.717, 1.165) is 39.8 Å². The summed E-state index contributed by atoms with van der Waals surface area (Å²) in [7, 11) is 0. The Labute approximate surface area is 184 Å². The van der Waals surface area contributed by atoms with Crippen LogP contribution in [0.25, 0.3) is 0 Å². The summed E-state index contributed by atoms with van der Waals surface area (Å²) in [5, 5.41) is 0. The number of nitrogen functional groups attached to an aromatic ring is 2. The number of hydrogen-bond acceptors (Lipinski definition) is 4. The first kappa shape index (κ1) is 20.4. The Morgan fingerprint density at radius 2 is 0.839 bits per heavy atom. The average Bonchev–Trinajstić information content (AvgIpc) is 2.78. The van der Waals surface area contributed by atoms with Crippen LogP contribution in [0.1, 0.15) is 13.8 Å². The first-order chi connectivity index (χ1) is 15.0.